The molecular formula is C16H21NO4. The van der Waals surface area contributed by atoms with Gasteiger partial charge in [0, 0.05) is 5.92 Å². The van der Waals surface area contributed by atoms with E-state index in [4.69, 9.17) is 14.2 Å². The number of rotatable bonds is 3. The number of carbonyl (C=O) groups is 1. The van der Waals surface area contributed by atoms with E-state index in [-0.39, 0.29) is 12.8 Å². The Hall–Kier alpha value is -1.75. The van der Waals surface area contributed by atoms with Crippen LogP contribution in [0.3, 0.4) is 0 Å². The lowest BCUT2D eigenvalue weighted by Crippen LogP contribution is -2.42. The lowest BCUT2D eigenvalue weighted by atomic mass is 9.83. The van der Waals surface area contributed by atoms with Gasteiger partial charge in [0.2, 0.25) is 6.79 Å². The first kappa shape index (κ1) is 14.2. The number of hydrogen-bond acceptors (Lipinski definition) is 5. The van der Waals surface area contributed by atoms with Gasteiger partial charge >= 0.3 is 5.97 Å². The molecule has 1 saturated heterocycles. The highest BCUT2D eigenvalue weighted by Crippen LogP contribution is 2.34. The van der Waals surface area contributed by atoms with Crippen molar-refractivity contribution in [2.45, 2.75) is 32.3 Å². The molecule has 2 aliphatic rings. The molecule has 2 heterocycles. The van der Waals surface area contributed by atoms with E-state index in [0.29, 0.717) is 23.0 Å². The van der Waals surface area contributed by atoms with Gasteiger partial charge < -0.3 is 19.5 Å². The van der Waals surface area contributed by atoms with Gasteiger partial charge in [0.15, 0.2) is 11.5 Å². The molecule has 1 fully saturated rings. The summed E-state index contributed by atoms with van der Waals surface area (Å²) >= 11 is 0. The summed E-state index contributed by atoms with van der Waals surface area (Å²) in [6.45, 7) is 6.15. The minimum atomic E-state index is -0.463. The third kappa shape index (κ3) is 2.97. The lowest BCUT2D eigenvalue weighted by Gasteiger charge is -2.36. The molecule has 0 saturated carbocycles. The molecule has 5 nitrogen and oxygen atoms in total. The van der Waals surface area contributed by atoms with Crippen LogP contribution in [0.5, 0.6) is 11.5 Å². The van der Waals surface area contributed by atoms with Crippen molar-refractivity contribution >= 4 is 5.97 Å². The maximum Gasteiger partial charge on any atom is 0.338 e. The summed E-state index contributed by atoms with van der Waals surface area (Å²) < 4.78 is 16.3. The van der Waals surface area contributed by atoms with Crippen LogP contribution in [0.15, 0.2) is 18.2 Å². The molecule has 1 aromatic carbocycles. The SMILES string of the molecule is CC(C)(OC(=O)c1ccc2c(c1)OCO2)C1CCNCC1. The number of benzene rings is 1. The van der Waals surface area contributed by atoms with Gasteiger partial charge in [0.25, 0.3) is 0 Å². The lowest BCUT2D eigenvalue weighted by molar-refractivity contribution is -0.0368. The second-order valence-corrected chi connectivity index (χ2v) is 6.09. The quantitative estimate of drug-likeness (QED) is 0.866. The van der Waals surface area contributed by atoms with Gasteiger partial charge in [-0.1, -0.05) is 0 Å². The van der Waals surface area contributed by atoms with E-state index < -0.39 is 5.60 Å². The zero-order valence-corrected chi connectivity index (χ0v) is 12.5. The van der Waals surface area contributed by atoms with Crippen molar-refractivity contribution < 1.29 is 19.0 Å². The van der Waals surface area contributed by atoms with Crippen LogP contribution < -0.4 is 14.8 Å². The van der Waals surface area contributed by atoms with Crippen LogP contribution in [0.1, 0.15) is 37.0 Å². The molecule has 0 radical (unpaired) electrons. The molecule has 21 heavy (non-hydrogen) atoms. The molecule has 1 aromatic rings. The Morgan fingerprint density at radius 3 is 2.71 bits per heavy atom. The summed E-state index contributed by atoms with van der Waals surface area (Å²) in [5, 5.41) is 3.33. The van der Waals surface area contributed by atoms with Crippen molar-refractivity contribution in [1.29, 1.82) is 0 Å². The predicted octanol–water partition coefficient (Wildman–Crippen LogP) is 2.35. The Kier molecular flexibility index (Phi) is 3.76. The predicted molar refractivity (Wildman–Crippen MR) is 77.7 cm³/mol. The van der Waals surface area contributed by atoms with Crippen LogP contribution in [0.25, 0.3) is 0 Å². The van der Waals surface area contributed by atoms with Crippen LogP contribution in [0.2, 0.25) is 0 Å². The molecule has 5 heteroatoms. The Bertz CT molecular complexity index is 535. The zero-order valence-electron chi connectivity index (χ0n) is 12.5. The number of piperidine rings is 1. The number of carbonyl (C=O) groups excluding carboxylic acids is 1. The fourth-order valence-corrected chi connectivity index (χ4v) is 2.92. The van der Waals surface area contributed by atoms with Gasteiger partial charge in [-0.05, 0) is 58.0 Å². The molecule has 3 rings (SSSR count). The fourth-order valence-electron chi connectivity index (χ4n) is 2.92. The van der Waals surface area contributed by atoms with E-state index in [1.165, 1.54) is 0 Å². The average Bonchev–Trinajstić information content (AvgIpc) is 2.95. The molecule has 0 bridgehead atoms. The summed E-state index contributed by atoms with van der Waals surface area (Å²) in [7, 11) is 0. The first-order chi connectivity index (χ1) is 10.1. The Labute approximate surface area is 124 Å². The fraction of sp³-hybridized carbons (Fsp3) is 0.562. The van der Waals surface area contributed by atoms with E-state index in [2.05, 4.69) is 5.32 Å². The third-order valence-electron chi connectivity index (χ3n) is 4.29. The first-order valence-electron chi connectivity index (χ1n) is 7.40. The van der Waals surface area contributed by atoms with Crippen molar-refractivity contribution in [1.82, 2.24) is 5.32 Å². The second-order valence-electron chi connectivity index (χ2n) is 6.09. The minimum absolute atomic E-state index is 0.203. The Balaban J connectivity index is 1.70. The molecule has 0 aliphatic carbocycles. The summed E-state index contributed by atoms with van der Waals surface area (Å²) in [6, 6.07) is 5.15. The minimum Gasteiger partial charge on any atom is -0.456 e. The largest absolute Gasteiger partial charge is 0.456 e. The van der Waals surface area contributed by atoms with Crippen LogP contribution in [-0.2, 0) is 4.74 Å². The number of ether oxygens (including phenoxy) is 3. The second kappa shape index (κ2) is 5.56. The van der Waals surface area contributed by atoms with Crippen LogP contribution in [-0.4, -0.2) is 31.5 Å². The average molecular weight is 291 g/mol. The van der Waals surface area contributed by atoms with Crippen molar-refractivity contribution in [3.8, 4) is 11.5 Å². The molecule has 0 unspecified atom stereocenters. The maximum absolute atomic E-state index is 12.4. The van der Waals surface area contributed by atoms with Crippen molar-refractivity contribution in [2.75, 3.05) is 19.9 Å². The highest BCUT2D eigenvalue weighted by atomic mass is 16.7. The Morgan fingerprint density at radius 2 is 1.95 bits per heavy atom. The molecular weight excluding hydrogens is 270 g/mol. The molecule has 0 atom stereocenters. The number of esters is 1. The number of fused-ring (bicyclic) bond motifs is 1. The maximum atomic E-state index is 12.4. The summed E-state index contributed by atoms with van der Waals surface area (Å²) in [6.07, 6.45) is 2.06. The van der Waals surface area contributed by atoms with Gasteiger partial charge in [-0.2, -0.15) is 0 Å². The standard InChI is InChI=1S/C16H21NO4/c1-16(2,12-5-7-17-8-6-12)21-15(18)11-3-4-13-14(9-11)20-10-19-13/h3-4,9,12,17H,5-8,10H2,1-2H3. The summed E-state index contributed by atoms with van der Waals surface area (Å²) in [4.78, 5) is 12.4. The van der Waals surface area contributed by atoms with Gasteiger partial charge in [-0.3, -0.25) is 0 Å². The normalized spacial score (nSPS) is 18.6. The molecule has 0 spiro atoms. The van der Waals surface area contributed by atoms with Gasteiger partial charge in [-0.15, -0.1) is 0 Å². The summed E-state index contributed by atoms with van der Waals surface area (Å²) in [5.41, 5.74) is 0.0384. The van der Waals surface area contributed by atoms with Gasteiger partial charge in [0.1, 0.15) is 5.60 Å². The molecule has 2 aliphatic heterocycles. The molecule has 114 valence electrons. The Morgan fingerprint density at radius 1 is 1.24 bits per heavy atom. The third-order valence-corrected chi connectivity index (χ3v) is 4.29. The van der Waals surface area contributed by atoms with Crippen molar-refractivity contribution in [2.24, 2.45) is 5.92 Å². The van der Waals surface area contributed by atoms with Crippen LogP contribution >= 0.6 is 0 Å². The summed E-state index contributed by atoms with van der Waals surface area (Å²) in [5.74, 6) is 1.35. The molecule has 1 N–H and O–H groups in total. The monoisotopic (exact) mass is 291 g/mol. The van der Waals surface area contributed by atoms with Crippen LogP contribution in [0, 0.1) is 5.92 Å². The topological polar surface area (TPSA) is 56.8 Å². The van der Waals surface area contributed by atoms with E-state index in [0.717, 1.165) is 25.9 Å². The number of hydrogen-bond donors (Lipinski definition) is 1. The van der Waals surface area contributed by atoms with Crippen molar-refractivity contribution in [3.63, 3.8) is 0 Å². The molecule has 0 amide bonds. The number of nitrogens with one attached hydrogen (secondary N) is 1. The van der Waals surface area contributed by atoms with E-state index in [9.17, 15) is 4.79 Å². The molecule has 0 aromatic heterocycles. The van der Waals surface area contributed by atoms with E-state index >= 15 is 0 Å². The zero-order chi connectivity index (χ0) is 14.9. The van der Waals surface area contributed by atoms with E-state index in [1.807, 2.05) is 13.8 Å². The first-order valence-corrected chi connectivity index (χ1v) is 7.40. The van der Waals surface area contributed by atoms with Gasteiger partial charge in [-0.25, -0.2) is 4.79 Å². The highest BCUT2D eigenvalue weighted by molar-refractivity contribution is 5.90. The van der Waals surface area contributed by atoms with Crippen LogP contribution in [0.4, 0.5) is 0 Å². The van der Waals surface area contributed by atoms with Gasteiger partial charge in [0.05, 0.1) is 5.56 Å². The van der Waals surface area contributed by atoms with Crippen molar-refractivity contribution in [3.05, 3.63) is 23.8 Å². The van der Waals surface area contributed by atoms with E-state index in [1.54, 1.807) is 18.2 Å². The smallest absolute Gasteiger partial charge is 0.338 e. The highest BCUT2D eigenvalue weighted by Gasteiger charge is 2.34.